The largest absolute Gasteiger partial charge is 0.497 e. The third-order valence-electron chi connectivity index (χ3n) is 4.34. The van der Waals surface area contributed by atoms with E-state index < -0.39 is 0 Å². The van der Waals surface area contributed by atoms with E-state index in [-0.39, 0.29) is 5.91 Å². The molecule has 1 atom stereocenters. The molecular formula is C20H24N2O2S. The van der Waals surface area contributed by atoms with E-state index in [9.17, 15) is 4.79 Å². The molecule has 4 nitrogen and oxygen atoms in total. The summed E-state index contributed by atoms with van der Waals surface area (Å²) >= 11 is 1.61. The molecule has 5 heteroatoms. The van der Waals surface area contributed by atoms with Crippen LogP contribution in [0.5, 0.6) is 5.75 Å². The van der Waals surface area contributed by atoms with Crippen LogP contribution in [0.25, 0.3) is 0 Å². The molecule has 0 aromatic heterocycles. The van der Waals surface area contributed by atoms with Crippen LogP contribution in [0.3, 0.4) is 0 Å². The zero-order valence-electron chi connectivity index (χ0n) is 14.5. The maximum atomic E-state index is 12.5. The molecular weight excluding hydrogens is 332 g/mol. The minimum Gasteiger partial charge on any atom is -0.497 e. The van der Waals surface area contributed by atoms with Crippen molar-refractivity contribution in [2.45, 2.75) is 23.8 Å². The predicted octanol–water partition coefficient (Wildman–Crippen LogP) is 3.89. The topological polar surface area (TPSA) is 41.6 Å². The summed E-state index contributed by atoms with van der Waals surface area (Å²) in [6.45, 7) is 1.62. The quantitative estimate of drug-likeness (QED) is 0.797. The van der Waals surface area contributed by atoms with Crippen LogP contribution in [0.1, 0.15) is 12.8 Å². The lowest BCUT2D eigenvalue weighted by atomic mass is 10.1. The Bertz CT molecular complexity index is 676. The van der Waals surface area contributed by atoms with Crippen molar-refractivity contribution in [3.05, 3.63) is 54.6 Å². The van der Waals surface area contributed by atoms with Crippen molar-refractivity contribution in [1.82, 2.24) is 4.90 Å². The van der Waals surface area contributed by atoms with Gasteiger partial charge in [-0.15, -0.1) is 11.8 Å². The van der Waals surface area contributed by atoms with E-state index in [1.54, 1.807) is 18.9 Å². The monoisotopic (exact) mass is 356 g/mol. The van der Waals surface area contributed by atoms with Crippen molar-refractivity contribution in [3.63, 3.8) is 0 Å². The van der Waals surface area contributed by atoms with E-state index in [0.29, 0.717) is 11.8 Å². The third-order valence-corrected chi connectivity index (χ3v) is 5.34. The molecule has 0 radical (unpaired) electrons. The number of nitrogens with zero attached hydrogens (tertiary/aromatic N) is 1. The summed E-state index contributed by atoms with van der Waals surface area (Å²) < 4.78 is 5.19. The second-order valence-electron chi connectivity index (χ2n) is 6.15. The highest BCUT2D eigenvalue weighted by molar-refractivity contribution is 8.00. The van der Waals surface area contributed by atoms with Crippen LogP contribution in [-0.2, 0) is 4.79 Å². The number of ether oxygens (including phenoxy) is 1. The van der Waals surface area contributed by atoms with Gasteiger partial charge in [0.1, 0.15) is 5.75 Å². The Balaban J connectivity index is 1.50. The van der Waals surface area contributed by atoms with Crippen LogP contribution >= 0.6 is 11.8 Å². The molecule has 132 valence electrons. The molecule has 1 amide bonds. The fourth-order valence-corrected chi connectivity index (χ4v) is 3.82. The van der Waals surface area contributed by atoms with Crippen LogP contribution in [0.4, 0.5) is 5.69 Å². The van der Waals surface area contributed by atoms with Gasteiger partial charge in [0.15, 0.2) is 0 Å². The van der Waals surface area contributed by atoms with Crippen molar-refractivity contribution < 1.29 is 9.53 Å². The summed E-state index contributed by atoms with van der Waals surface area (Å²) in [5.74, 6) is 1.57. The Kier molecular flexibility index (Phi) is 6.23. The zero-order chi connectivity index (χ0) is 17.5. The first-order valence-electron chi connectivity index (χ1n) is 8.61. The third kappa shape index (κ3) is 5.16. The number of hydrogen-bond donors (Lipinski definition) is 1. The smallest absolute Gasteiger partial charge is 0.233 e. The Labute approximate surface area is 153 Å². The van der Waals surface area contributed by atoms with Crippen LogP contribution in [0.15, 0.2) is 59.5 Å². The van der Waals surface area contributed by atoms with Crippen molar-refractivity contribution in [2.24, 2.45) is 0 Å². The van der Waals surface area contributed by atoms with Crippen molar-refractivity contribution >= 4 is 23.4 Å². The van der Waals surface area contributed by atoms with Gasteiger partial charge < -0.3 is 15.0 Å². The molecule has 0 unspecified atom stereocenters. The summed E-state index contributed by atoms with van der Waals surface area (Å²) in [6, 6.07) is 18.3. The average molecular weight is 356 g/mol. The van der Waals surface area contributed by atoms with Crippen LogP contribution in [0, 0.1) is 0 Å². The molecule has 0 spiro atoms. The molecule has 1 heterocycles. The number of carbonyl (C=O) groups is 1. The van der Waals surface area contributed by atoms with Gasteiger partial charge in [0.05, 0.1) is 12.9 Å². The maximum Gasteiger partial charge on any atom is 0.233 e. The predicted molar refractivity (Wildman–Crippen MR) is 103 cm³/mol. The summed E-state index contributed by atoms with van der Waals surface area (Å²) in [7, 11) is 1.67. The lowest BCUT2D eigenvalue weighted by molar-refractivity contribution is -0.129. The number of carbonyl (C=O) groups excluding carboxylic acids is 1. The van der Waals surface area contributed by atoms with E-state index >= 15 is 0 Å². The first-order valence-corrected chi connectivity index (χ1v) is 9.59. The van der Waals surface area contributed by atoms with Gasteiger partial charge in [-0.3, -0.25) is 4.79 Å². The molecule has 1 aliphatic heterocycles. The molecule has 25 heavy (non-hydrogen) atoms. The number of methoxy groups -OCH3 is 1. The van der Waals surface area contributed by atoms with Crippen molar-refractivity contribution in [2.75, 3.05) is 31.3 Å². The highest BCUT2D eigenvalue weighted by atomic mass is 32.2. The van der Waals surface area contributed by atoms with Gasteiger partial charge in [-0.25, -0.2) is 0 Å². The number of nitrogens with one attached hydrogen (secondary N) is 1. The van der Waals surface area contributed by atoms with Gasteiger partial charge in [-0.2, -0.15) is 0 Å². The number of benzene rings is 2. The van der Waals surface area contributed by atoms with E-state index in [4.69, 9.17) is 4.74 Å². The lowest BCUT2D eigenvalue weighted by Gasteiger charge is -2.33. The number of piperidine rings is 1. The van der Waals surface area contributed by atoms with E-state index in [1.807, 2.05) is 59.5 Å². The highest BCUT2D eigenvalue weighted by Gasteiger charge is 2.23. The van der Waals surface area contributed by atoms with Crippen LogP contribution < -0.4 is 10.1 Å². The molecule has 1 saturated heterocycles. The lowest BCUT2D eigenvalue weighted by Crippen LogP contribution is -2.45. The number of rotatable bonds is 6. The van der Waals surface area contributed by atoms with Crippen LogP contribution in [-0.4, -0.2) is 42.8 Å². The number of likely N-dealkylation sites (tertiary alicyclic amines) is 1. The summed E-state index contributed by atoms with van der Waals surface area (Å²) in [6.07, 6.45) is 2.12. The number of thioether (sulfide) groups is 1. The minimum absolute atomic E-state index is 0.218. The molecule has 3 rings (SSSR count). The fourth-order valence-electron chi connectivity index (χ4n) is 3.00. The van der Waals surface area contributed by atoms with Crippen molar-refractivity contribution in [3.8, 4) is 5.75 Å². The van der Waals surface area contributed by atoms with Gasteiger partial charge in [-0.1, -0.05) is 18.2 Å². The maximum absolute atomic E-state index is 12.5. The zero-order valence-corrected chi connectivity index (χ0v) is 15.3. The molecule has 0 aliphatic carbocycles. The van der Waals surface area contributed by atoms with Gasteiger partial charge in [0, 0.05) is 29.7 Å². The second-order valence-corrected chi connectivity index (χ2v) is 7.20. The Hall–Kier alpha value is -2.14. The second kappa shape index (κ2) is 8.81. The Morgan fingerprint density at radius 1 is 1.20 bits per heavy atom. The Morgan fingerprint density at radius 3 is 2.68 bits per heavy atom. The Morgan fingerprint density at radius 2 is 1.96 bits per heavy atom. The molecule has 1 fully saturated rings. The van der Waals surface area contributed by atoms with E-state index in [0.717, 1.165) is 42.3 Å². The molecule has 0 bridgehead atoms. The fraction of sp³-hybridized carbons (Fsp3) is 0.350. The van der Waals surface area contributed by atoms with Gasteiger partial charge in [-0.05, 0) is 49.2 Å². The van der Waals surface area contributed by atoms with Gasteiger partial charge >= 0.3 is 0 Å². The van der Waals surface area contributed by atoms with E-state index in [1.165, 1.54) is 0 Å². The van der Waals surface area contributed by atoms with Gasteiger partial charge in [0.2, 0.25) is 5.91 Å². The first-order chi connectivity index (χ1) is 12.2. The van der Waals surface area contributed by atoms with E-state index in [2.05, 4.69) is 5.32 Å². The first kappa shape index (κ1) is 17.7. The average Bonchev–Trinajstić information content (AvgIpc) is 2.68. The number of anilines is 1. The summed E-state index contributed by atoms with van der Waals surface area (Å²) in [5.41, 5.74) is 1.07. The highest BCUT2D eigenvalue weighted by Crippen LogP contribution is 2.21. The molecule has 2 aromatic rings. The molecule has 1 aliphatic rings. The van der Waals surface area contributed by atoms with Gasteiger partial charge in [0.25, 0.3) is 0 Å². The SMILES string of the molecule is COc1ccc(N[C@H]2CCCN(C(=O)CSc3ccccc3)C2)cc1. The minimum atomic E-state index is 0.218. The summed E-state index contributed by atoms with van der Waals surface area (Å²) in [4.78, 5) is 15.6. The summed E-state index contributed by atoms with van der Waals surface area (Å²) in [5, 5.41) is 3.53. The molecule has 1 N–H and O–H groups in total. The molecule has 0 saturated carbocycles. The van der Waals surface area contributed by atoms with Crippen molar-refractivity contribution in [1.29, 1.82) is 0 Å². The normalized spacial score (nSPS) is 17.2. The van der Waals surface area contributed by atoms with Crippen LogP contribution in [0.2, 0.25) is 0 Å². The number of amides is 1. The standard InChI is InChI=1S/C20H24N2O2S/c1-24-18-11-9-16(10-12-18)21-17-6-5-13-22(14-17)20(23)15-25-19-7-3-2-4-8-19/h2-4,7-12,17,21H,5-6,13-15H2,1H3/t17-/m0/s1. The molecule has 2 aromatic carbocycles. The number of hydrogen-bond acceptors (Lipinski definition) is 4.